The van der Waals surface area contributed by atoms with Gasteiger partial charge in [0.05, 0.1) is 0 Å². The predicted molar refractivity (Wildman–Crippen MR) is 18.1 cm³/mol. The fraction of sp³-hybridized carbons (Fsp3) is 1.00. The van der Waals surface area contributed by atoms with Gasteiger partial charge < -0.3 is 14.4 Å². The molecule has 0 aliphatic carbocycles. The van der Waals surface area contributed by atoms with Crippen LogP contribution in [0.1, 0.15) is 6.92 Å². The van der Waals surface area contributed by atoms with Gasteiger partial charge >= 0.3 is 17.1 Å². The average molecular weight is 172 g/mol. The summed E-state index contributed by atoms with van der Waals surface area (Å²) in [5.74, 6) is 0. The SMILES string of the molecule is CCP(=O)([O-])[O-].[Cu+2]. The maximum absolute atomic E-state index is 9.47. The molecule has 5 heteroatoms. The van der Waals surface area contributed by atoms with Gasteiger partial charge in [0.1, 0.15) is 0 Å². The first-order chi connectivity index (χ1) is 2.56. The van der Waals surface area contributed by atoms with Crippen LogP contribution in [0.5, 0.6) is 0 Å². The molecule has 0 aromatic rings. The zero-order valence-corrected chi connectivity index (χ0v) is 5.52. The molecule has 0 N–H and O–H groups in total. The van der Waals surface area contributed by atoms with Crippen LogP contribution in [0, 0.1) is 0 Å². The van der Waals surface area contributed by atoms with Crippen molar-refractivity contribution in [3.8, 4) is 0 Å². The standard InChI is InChI=1S/C2H7O3P.Cu/c1-2-6(3,4)5;/h2H2,1H3,(H2,3,4,5);/q;+2/p-2. The van der Waals surface area contributed by atoms with Crippen molar-refractivity contribution >= 4 is 7.60 Å². The van der Waals surface area contributed by atoms with Crippen molar-refractivity contribution < 1.29 is 31.4 Å². The van der Waals surface area contributed by atoms with Crippen LogP contribution < -0.4 is 9.79 Å². The molecule has 0 aliphatic rings. The maximum Gasteiger partial charge on any atom is 2.00 e. The van der Waals surface area contributed by atoms with Crippen LogP contribution in [0.25, 0.3) is 0 Å². The molecule has 0 rings (SSSR count). The molecule has 0 fully saturated rings. The third kappa shape index (κ3) is 10.8. The van der Waals surface area contributed by atoms with E-state index in [1.165, 1.54) is 6.92 Å². The van der Waals surface area contributed by atoms with Crippen LogP contribution in [-0.4, -0.2) is 6.16 Å². The summed E-state index contributed by atoms with van der Waals surface area (Å²) in [6.45, 7) is 1.32. The monoisotopic (exact) mass is 171 g/mol. The molecule has 0 bridgehead atoms. The Balaban J connectivity index is 0. The van der Waals surface area contributed by atoms with Gasteiger partial charge in [-0.2, -0.15) is 0 Å². The summed E-state index contributed by atoms with van der Waals surface area (Å²) in [6.07, 6.45) is -0.285. The van der Waals surface area contributed by atoms with Gasteiger partial charge in [0.15, 0.2) is 0 Å². The van der Waals surface area contributed by atoms with Gasteiger partial charge in [-0.3, -0.25) is 0 Å². The molecule has 0 spiro atoms. The zero-order chi connectivity index (χ0) is 5.21. The molecule has 0 atom stereocenters. The normalized spacial score (nSPS) is 10.1. The van der Waals surface area contributed by atoms with Crippen molar-refractivity contribution in [2.24, 2.45) is 0 Å². The number of rotatable bonds is 1. The van der Waals surface area contributed by atoms with E-state index in [2.05, 4.69) is 0 Å². The molecular weight excluding hydrogens is 167 g/mol. The third-order valence-electron chi connectivity index (χ3n) is 0.387. The van der Waals surface area contributed by atoms with Crippen LogP contribution in [0.15, 0.2) is 0 Å². The summed E-state index contributed by atoms with van der Waals surface area (Å²) >= 11 is 0. The van der Waals surface area contributed by atoms with Crippen molar-refractivity contribution in [3.63, 3.8) is 0 Å². The van der Waals surface area contributed by atoms with Gasteiger partial charge in [0.25, 0.3) is 0 Å². The predicted octanol–water partition coefficient (Wildman–Crippen LogP) is -1.08. The minimum absolute atomic E-state index is 0. The molecule has 0 saturated heterocycles. The summed E-state index contributed by atoms with van der Waals surface area (Å²) in [5, 5.41) is 0. The Morgan fingerprint density at radius 1 is 1.57 bits per heavy atom. The molecule has 0 aromatic heterocycles. The Bertz CT molecular complexity index is 77.0. The van der Waals surface area contributed by atoms with E-state index in [-0.39, 0.29) is 23.2 Å². The van der Waals surface area contributed by atoms with E-state index >= 15 is 0 Å². The first kappa shape index (κ1) is 10.6. The van der Waals surface area contributed by atoms with Gasteiger partial charge in [0, 0.05) is 0 Å². The van der Waals surface area contributed by atoms with Crippen LogP contribution >= 0.6 is 7.60 Å². The molecule has 1 radical (unpaired) electrons. The third-order valence-corrected chi connectivity index (χ3v) is 1.16. The largest absolute Gasteiger partial charge is 2.00 e. The van der Waals surface area contributed by atoms with Crippen molar-refractivity contribution in [1.82, 2.24) is 0 Å². The molecule has 0 aromatic carbocycles. The minimum atomic E-state index is -4.15. The number of hydrogen-bond donors (Lipinski definition) is 0. The molecule has 47 valence electrons. The van der Waals surface area contributed by atoms with E-state index in [9.17, 15) is 14.4 Å². The van der Waals surface area contributed by atoms with Gasteiger partial charge in [-0.25, -0.2) is 0 Å². The molecule has 0 amide bonds. The summed E-state index contributed by atoms with van der Waals surface area (Å²) < 4.78 is 9.47. The Hall–Kier alpha value is 0.669. The second kappa shape index (κ2) is 3.64. The first-order valence-electron chi connectivity index (χ1n) is 1.57. The van der Waals surface area contributed by atoms with Crippen molar-refractivity contribution in [3.05, 3.63) is 0 Å². The molecule has 0 aliphatic heterocycles. The molecule has 0 unspecified atom stereocenters. The van der Waals surface area contributed by atoms with E-state index in [1.807, 2.05) is 0 Å². The second-order valence-electron chi connectivity index (χ2n) is 0.927. The summed E-state index contributed by atoms with van der Waals surface area (Å²) in [7, 11) is -4.15. The van der Waals surface area contributed by atoms with Crippen LogP contribution in [0.3, 0.4) is 0 Å². The van der Waals surface area contributed by atoms with Gasteiger partial charge in [-0.1, -0.05) is 14.5 Å². The molecule has 3 nitrogen and oxygen atoms in total. The van der Waals surface area contributed by atoms with E-state index in [4.69, 9.17) is 0 Å². The van der Waals surface area contributed by atoms with Crippen molar-refractivity contribution in [2.75, 3.05) is 6.16 Å². The molecule has 7 heavy (non-hydrogen) atoms. The smallest absolute Gasteiger partial charge is 0.811 e. The van der Waals surface area contributed by atoms with Gasteiger partial charge in [-0.15, -0.1) is 0 Å². The first-order valence-corrected chi connectivity index (χ1v) is 3.30. The Labute approximate surface area is 52.8 Å². The quantitative estimate of drug-likeness (QED) is 0.372. The Morgan fingerprint density at radius 3 is 1.71 bits per heavy atom. The fourth-order valence-corrected chi connectivity index (χ4v) is 0. The minimum Gasteiger partial charge on any atom is -0.811 e. The maximum atomic E-state index is 9.47. The van der Waals surface area contributed by atoms with Crippen LogP contribution in [-0.2, 0) is 21.6 Å². The molecule has 0 heterocycles. The van der Waals surface area contributed by atoms with E-state index in [0.29, 0.717) is 0 Å². The van der Waals surface area contributed by atoms with Crippen LogP contribution in [0.4, 0.5) is 0 Å². The Morgan fingerprint density at radius 2 is 1.71 bits per heavy atom. The van der Waals surface area contributed by atoms with E-state index in [1.54, 1.807) is 0 Å². The van der Waals surface area contributed by atoms with Crippen molar-refractivity contribution in [1.29, 1.82) is 0 Å². The summed E-state index contributed by atoms with van der Waals surface area (Å²) in [6, 6.07) is 0. The zero-order valence-electron chi connectivity index (χ0n) is 3.68. The van der Waals surface area contributed by atoms with Gasteiger partial charge in [0.2, 0.25) is 0 Å². The topological polar surface area (TPSA) is 63.2 Å². The Kier molecular flexibility index (Phi) is 5.53. The number of hydrogen-bond acceptors (Lipinski definition) is 3. The van der Waals surface area contributed by atoms with Gasteiger partial charge in [-0.05, 0) is 6.16 Å². The van der Waals surface area contributed by atoms with Crippen LogP contribution in [0.2, 0.25) is 0 Å². The van der Waals surface area contributed by atoms with E-state index in [0.717, 1.165) is 0 Å². The van der Waals surface area contributed by atoms with Crippen molar-refractivity contribution in [2.45, 2.75) is 6.92 Å². The summed E-state index contributed by atoms with van der Waals surface area (Å²) in [5.41, 5.74) is 0. The summed E-state index contributed by atoms with van der Waals surface area (Å²) in [4.78, 5) is 18.9. The average Bonchev–Trinajstić information content (AvgIpc) is 1.35. The second-order valence-corrected chi connectivity index (χ2v) is 2.78. The van der Waals surface area contributed by atoms with E-state index < -0.39 is 7.60 Å². The molecule has 0 saturated carbocycles. The fourth-order valence-electron chi connectivity index (χ4n) is 0. The molecular formula is C2H5CuO3P.